The van der Waals surface area contributed by atoms with Gasteiger partial charge in [-0.15, -0.1) is 0 Å². The molecule has 2 aromatic rings. The number of nitrogens with zero attached hydrogens (tertiary/aromatic N) is 1. The number of ether oxygens (including phenoxy) is 1. The van der Waals surface area contributed by atoms with Crippen molar-refractivity contribution in [1.82, 2.24) is 10.3 Å². The van der Waals surface area contributed by atoms with Gasteiger partial charge in [0.1, 0.15) is 4.60 Å². The standard InChI is InChI=1S/C15H13BrN2O3/c1-21-15(20)11-6-4-10(5-7-11)9-18-14(19)12-3-2-8-17-13(12)16/h2-8H,9H2,1H3,(H,18,19). The maximum Gasteiger partial charge on any atom is 0.337 e. The fourth-order valence-electron chi connectivity index (χ4n) is 1.71. The zero-order chi connectivity index (χ0) is 15.2. The Hall–Kier alpha value is -2.21. The zero-order valence-electron chi connectivity index (χ0n) is 11.3. The topological polar surface area (TPSA) is 68.3 Å². The molecule has 1 N–H and O–H groups in total. The van der Waals surface area contributed by atoms with Gasteiger partial charge in [0.25, 0.3) is 5.91 Å². The molecule has 1 heterocycles. The van der Waals surface area contributed by atoms with Gasteiger partial charge in [-0.2, -0.15) is 0 Å². The van der Waals surface area contributed by atoms with E-state index in [1.165, 1.54) is 7.11 Å². The Balaban J connectivity index is 1.99. The fourth-order valence-corrected chi connectivity index (χ4v) is 2.14. The van der Waals surface area contributed by atoms with E-state index in [2.05, 4.69) is 31.0 Å². The highest BCUT2D eigenvalue weighted by molar-refractivity contribution is 9.10. The van der Waals surface area contributed by atoms with Gasteiger partial charge in [-0.3, -0.25) is 4.79 Å². The number of rotatable bonds is 4. The first-order valence-corrected chi connectivity index (χ1v) is 6.97. The van der Waals surface area contributed by atoms with Gasteiger partial charge in [-0.05, 0) is 45.8 Å². The fraction of sp³-hybridized carbons (Fsp3) is 0.133. The largest absolute Gasteiger partial charge is 0.465 e. The Bertz CT molecular complexity index is 656. The SMILES string of the molecule is COC(=O)c1ccc(CNC(=O)c2cccnc2Br)cc1. The van der Waals surface area contributed by atoms with Gasteiger partial charge in [0, 0.05) is 12.7 Å². The van der Waals surface area contributed by atoms with Crippen molar-refractivity contribution in [1.29, 1.82) is 0 Å². The van der Waals surface area contributed by atoms with Crippen LogP contribution in [0.1, 0.15) is 26.3 Å². The summed E-state index contributed by atoms with van der Waals surface area (Å²) >= 11 is 3.23. The van der Waals surface area contributed by atoms with E-state index in [-0.39, 0.29) is 11.9 Å². The van der Waals surface area contributed by atoms with E-state index in [0.29, 0.717) is 22.3 Å². The summed E-state index contributed by atoms with van der Waals surface area (Å²) in [4.78, 5) is 27.3. The molecule has 0 aliphatic heterocycles. The van der Waals surface area contributed by atoms with E-state index in [0.717, 1.165) is 5.56 Å². The average molecular weight is 349 g/mol. The highest BCUT2D eigenvalue weighted by Gasteiger charge is 2.10. The lowest BCUT2D eigenvalue weighted by atomic mass is 10.1. The smallest absolute Gasteiger partial charge is 0.337 e. The number of halogens is 1. The number of hydrogen-bond acceptors (Lipinski definition) is 4. The molecule has 0 aliphatic rings. The van der Waals surface area contributed by atoms with Crippen LogP contribution in [-0.2, 0) is 11.3 Å². The predicted molar refractivity (Wildman–Crippen MR) is 80.9 cm³/mol. The van der Waals surface area contributed by atoms with Crippen LogP contribution in [0.5, 0.6) is 0 Å². The third-order valence-corrected chi connectivity index (χ3v) is 3.46. The van der Waals surface area contributed by atoms with E-state index in [4.69, 9.17) is 0 Å². The van der Waals surface area contributed by atoms with Crippen LogP contribution in [-0.4, -0.2) is 24.0 Å². The van der Waals surface area contributed by atoms with E-state index in [1.54, 1.807) is 42.6 Å². The normalized spacial score (nSPS) is 10.0. The molecule has 0 fully saturated rings. The molecule has 1 amide bonds. The maximum absolute atomic E-state index is 12.0. The lowest BCUT2D eigenvalue weighted by Gasteiger charge is -2.07. The van der Waals surface area contributed by atoms with Crippen molar-refractivity contribution in [2.45, 2.75) is 6.54 Å². The van der Waals surface area contributed by atoms with Crippen LogP contribution in [0.25, 0.3) is 0 Å². The summed E-state index contributed by atoms with van der Waals surface area (Å²) in [5.74, 6) is -0.600. The van der Waals surface area contributed by atoms with Gasteiger partial charge in [-0.25, -0.2) is 9.78 Å². The van der Waals surface area contributed by atoms with Crippen molar-refractivity contribution < 1.29 is 14.3 Å². The molecule has 0 unspecified atom stereocenters. The summed E-state index contributed by atoms with van der Waals surface area (Å²) in [6, 6.07) is 10.2. The Labute approximate surface area is 130 Å². The van der Waals surface area contributed by atoms with Gasteiger partial charge >= 0.3 is 5.97 Å². The molecule has 0 radical (unpaired) electrons. The average Bonchev–Trinajstić information content (AvgIpc) is 2.52. The molecule has 5 nitrogen and oxygen atoms in total. The predicted octanol–water partition coefficient (Wildman–Crippen LogP) is 2.56. The summed E-state index contributed by atoms with van der Waals surface area (Å²) in [5.41, 5.74) is 1.84. The van der Waals surface area contributed by atoms with E-state index < -0.39 is 0 Å². The number of esters is 1. The van der Waals surface area contributed by atoms with Crippen LogP contribution in [0.3, 0.4) is 0 Å². The summed E-state index contributed by atoms with van der Waals surface area (Å²) in [6.45, 7) is 0.363. The second-order valence-corrected chi connectivity index (χ2v) is 4.96. The molecule has 21 heavy (non-hydrogen) atoms. The van der Waals surface area contributed by atoms with Crippen LogP contribution < -0.4 is 5.32 Å². The van der Waals surface area contributed by atoms with E-state index in [1.807, 2.05) is 0 Å². The molecule has 0 bridgehead atoms. The number of carbonyl (C=O) groups excluding carboxylic acids is 2. The Morgan fingerprint density at radius 1 is 1.24 bits per heavy atom. The van der Waals surface area contributed by atoms with Crippen molar-refractivity contribution in [3.05, 3.63) is 63.9 Å². The van der Waals surface area contributed by atoms with Crippen molar-refractivity contribution >= 4 is 27.8 Å². The molecule has 0 spiro atoms. The van der Waals surface area contributed by atoms with Gasteiger partial charge in [0.15, 0.2) is 0 Å². The number of carbonyl (C=O) groups is 2. The minimum Gasteiger partial charge on any atom is -0.465 e. The first-order valence-electron chi connectivity index (χ1n) is 6.18. The van der Waals surface area contributed by atoms with E-state index in [9.17, 15) is 9.59 Å². The van der Waals surface area contributed by atoms with Gasteiger partial charge in [0.2, 0.25) is 0 Å². The molecule has 0 atom stereocenters. The molecular weight excluding hydrogens is 336 g/mol. The number of hydrogen-bond donors (Lipinski definition) is 1. The highest BCUT2D eigenvalue weighted by Crippen LogP contribution is 2.12. The van der Waals surface area contributed by atoms with Crippen LogP contribution in [0.2, 0.25) is 0 Å². The number of pyridine rings is 1. The van der Waals surface area contributed by atoms with E-state index >= 15 is 0 Å². The Morgan fingerprint density at radius 3 is 2.57 bits per heavy atom. The Morgan fingerprint density at radius 2 is 1.95 bits per heavy atom. The van der Waals surface area contributed by atoms with Crippen molar-refractivity contribution in [2.24, 2.45) is 0 Å². The lowest BCUT2D eigenvalue weighted by Crippen LogP contribution is -2.23. The van der Waals surface area contributed by atoms with Gasteiger partial charge < -0.3 is 10.1 Å². The number of nitrogens with one attached hydrogen (secondary N) is 1. The molecule has 0 aliphatic carbocycles. The van der Waals surface area contributed by atoms with Crippen molar-refractivity contribution in [3.8, 4) is 0 Å². The molecule has 108 valence electrons. The molecular formula is C15H13BrN2O3. The summed E-state index contributed by atoms with van der Waals surface area (Å²) < 4.78 is 5.13. The van der Waals surface area contributed by atoms with Crippen LogP contribution in [0, 0.1) is 0 Å². The molecule has 0 saturated heterocycles. The zero-order valence-corrected chi connectivity index (χ0v) is 12.9. The summed E-state index contributed by atoms with van der Waals surface area (Å²) in [6.07, 6.45) is 1.60. The number of amides is 1. The van der Waals surface area contributed by atoms with Crippen LogP contribution in [0.15, 0.2) is 47.2 Å². The number of aromatic nitrogens is 1. The van der Waals surface area contributed by atoms with Gasteiger partial charge in [0.05, 0.1) is 18.2 Å². The maximum atomic E-state index is 12.0. The van der Waals surface area contributed by atoms with Crippen LogP contribution in [0.4, 0.5) is 0 Å². The minimum absolute atomic E-state index is 0.216. The van der Waals surface area contributed by atoms with Gasteiger partial charge in [-0.1, -0.05) is 12.1 Å². The molecule has 0 saturated carbocycles. The number of benzene rings is 1. The van der Waals surface area contributed by atoms with Crippen LogP contribution >= 0.6 is 15.9 Å². The first-order chi connectivity index (χ1) is 10.1. The first kappa shape index (κ1) is 15.2. The summed E-state index contributed by atoms with van der Waals surface area (Å²) in [7, 11) is 1.34. The second kappa shape index (κ2) is 6.99. The monoisotopic (exact) mass is 348 g/mol. The quantitative estimate of drug-likeness (QED) is 0.681. The summed E-state index contributed by atoms with van der Waals surface area (Å²) in [5, 5.41) is 2.79. The molecule has 1 aromatic carbocycles. The van der Waals surface area contributed by atoms with Crippen molar-refractivity contribution in [2.75, 3.05) is 7.11 Å². The molecule has 1 aromatic heterocycles. The second-order valence-electron chi connectivity index (χ2n) is 4.21. The highest BCUT2D eigenvalue weighted by atomic mass is 79.9. The minimum atomic E-state index is -0.384. The lowest BCUT2D eigenvalue weighted by molar-refractivity contribution is 0.0600. The third kappa shape index (κ3) is 3.88. The molecule has 6 heteroatoms. The Kier molecular flexibility index (Phi) is 5.05. The van der Waals surface area contributed by atoms with Crippen molar-refractivity contribution in [3.63, 3.8) is 0 Å². The molecule has 2 rings (SSSR count). The number of methoxy groups -OCH3 is 1. The third-order valence-electron chi connectivity index (χ3n) is 2.83.